The molecule has 0 atom stereocenters. The van der Waals surface area contributed by atoms with Gasteiger partial charge in [0, 0.05) is 29.3 Å². The molecule has 0 aliphatic rings. The lowest BCUT2D eigenvalue weighted by atomic mass is 10.1. The molecule has 0 aliphatic carbocycles. The van der Waals surface area contributed by atoms with E-state index in [0.717, 1.165) is 16.8 Å². The first-order valence-electron chi connectivity index (χ1n) is 5.66. The van der Waals surface area contributed by atoms with Crippen LogP contribution in [0.15, 0.2) is 36.7 Å². The Labute approximate surface area is 106 Å². The quantitative estimate of drug-likeness (QED) is 0.794. The highest BCUT2D eigenvalue weighted by Crippen LogP contribution is 2.25. The molecule has 4 nitrogen and oxygen atoms in total. The summed E-state index contributed by atoms with van der Waals surface area (Å²) in [7, 11) is 0. The Morgan fingerprint density at radius 2 is 1.83 bits per heavy atom. The van der Waals surface area contributed by atoms with Crippen LogP contribution in [0.2, 0.25) is 0 Å². The second kappa shape index (κ2) is 4.87. The van der Waals surface area contributed by atoms with E-state index in [9.17, 15) is 4.79 Å². The average Bonchev–Trinajstić information content (AvgIpc) is 2.40. The van der Waals surface area contributed by atoms with Gasteiger partial charge in [-0.1, -0.05) is 6.07 Å². The van der Waals surface area contributed by atoms with Crippen LogP contribution >= 0.6 is 0 Å². The van der Waals surface area contributed by atoms with Crippen LogP contribution in [0.3, 0.4) is 0 Å². The largest absolute Gasteiger partial charge is 0.398 e. The third-order valence-corrected chi connectivity index (χ3v) is 2.90. The number of aryl methyl sites for hydroxylation is 1. The van der Waals surface area contributed by atoms with Crippen molar-refractivity contribution in [3.8, 4) is 0 Å². The number of nitrogens with two attached hydrogens (primary N) is 1. The second-order valence-electron chi connectivity index (χ2n) is 4.16. The maximum Gasteiger partial charge on any atom is 0.255 e. The maximum absolute atomic E-state index is 12.1. The molecule has 0 spiro atoms. The van der Waals surface area contributed by atoms with Gasteiger partial charge in [-0.3, -0.25) is 9.78 Å². The van der Waals surface area contributed by atoms with Crippen molar-refractivity contribution >= 4 is 17.3 Å². The number of nitrogens with zero attached hydrogens (tertiary/aromatic N) is 1. The molecule has 18 heavy (non-hydrogen) atoms. The first-order valence-corrected chi connectivity index (χ1v) is 5.66. The second-order valence-corrected chi connectivity index (χ2v) is 4.16. The molecule has 2 rings (SSSR count). The highest BCUT2D eigenvalue weighted by molar-refractivity contribution is 6.05. The summed E-state index contributed by atoms with van der Waals surface area (Å²) in [5.41, 5.74) is 9.74. The zero-order chi connectivity index (χ0) is 13.1. The van der Waals surface area contributed by atoms with Crippen molar-refractivity contribution in [1.29, 1.82) is 0 Å². The van der Waals surface area contributed by atoms with Crippen molar-refractivity contribution in [3.63, 3.8) is 0 Å². The molecule has 0 radical (unpaired) electrons. The lowest BCUT2D eigenvalue weighted by Crippen LogP contribution is -2.14. The summed E-state index contributed by atoms with van der Waals surface area (Å²) in [6.07, 6.45) is 3.18. The molecule has 2 aromatic rings. The molecule has 1 aromatic heterocycles. The fourth-order valence-corrected chi connectivity index (χ4v) is 1.74. The van der Waals surface area contributed by atoms with Crippen molar-refractivity contribution in [1.82, 2.24) is 4.98 Å². The van der Waals surface area contributed by atoms with Crippen LogP contribution in [0.1, 0.15) is 21.5 Å². The molecular weight excluding hydrogens is 226 g/mol. The summed E-state index contributed by atoms with van der Waals surface area (Å²) in [6.45, 7) is 3.83. The number of nitrogen functional groups attached to an aromatic ring is 1. The highest BCUT2D eigenvalue weighted by Gasteiger charge is 2.10. The molecule has 3 N–H and O–H groups in total. The van der Waals surface area contributed by atoms with Crippen molar-refractivity contribution in [2.75, 3.05) is 11.1 Å². The Bertz CT molecular complexity index is 579. The molecule has 0 aliphatic heterocycles. The third kappa shape index (κ3) is 2.32. The lowest BCUT2D eigenvalue weighted by Gasteiger charge is -2.13. The van der Waals surface area contributed by atoms with Crippen LogP contribution in [0.25, 0.3) is 0 Å². The number of anilines is 2. The summed E-state index contributed by atoms with van der Waals surface area (Å²) in [6, 6.07) is 7.08. The van der Waals surface area contributed by atoms with Gasteiger partial charge in [0.1, 0.15) is 0 Å². The molecule has 1 amide bonds. The predicted molar refractivity (Wildman–Crippen MR) is 72.5 cm³/mol. The first-order chi connectivity index (χ1) is 8.59. The van der Waals surface area contributed by atoms with Crippen LogP contribution in [0.5, 0.6) is 0 Å². The number of nitrogens with one attached hydrogen (secondary N) is 1. The summed E-state index contributed by atoms with van der Waals surface area (Å²) >= 11 is 0. The van der Waals surface area contributed by atoms with Gasteiger partial charge in [0.2, 0.25) is 0 Å². The van der Waals surface area contributed by atoms with Gasteiger partial charge in [0.05, 0.1) is 0 Å². The van der Waals surface area contributed by atoms with Gasteiger partial charge in [-0.15, -0.1) is 0 Å². The number of hydrogen-bond donors (Lipinski definition) is 2. The van der Waals surface area contributed by atoms with Crippen LogP contribution in [-0.4, -0.2) is 10.9 Å². The van der Waals surface area contributed by atoms with Gasteiger partial charge < -0.3 is 11.1 Å². The van der Waals surface area contributed by atoms with E-state index in [2.05, 4.69) is 10.3 Å². The molecule has 0 fully saturated rings. The summed E-state index contributed by atoms with van der Waals surface area (Å²) in [5, 5.41) is 2.89. The lowest BCUT2D eigenvalue weighted by molar-refractivity contribution is 0.102. The smallest absolute Gasteiger partial charge is 0.255 e. The van der Waals surface area contributed by atoms with Crippen LogP contribution in [0, 0.1) is 13.8 Å². The van der Waals surface area contributed by atoms with E-state index in [1.54, 1.807) is 24.5 Å². The Balaban J connectivity index is 2.30. The number of amides is 1. The van der Waals surface area contributed by atoms with Gasteiger partial charge in [-0.25, -0.2) is 0 Å². The van der Waals surface area contributed by atoms with E-state index in [-0.39, 0.29) is 5.91 Å². The van der Waals surface area contributed by atoms with Crippen LogP contribution < -0.4 is 11.1 Å². The van der Waals surface area contributed by atoms with E-state index >= 15 is 0 Å². The van der Waals surface area contributed by atoms with Crippen molar-refractivity contribution in [3.05, 3.63) is 53.3 Å². The molecule has 92 valence electrons. The van der Waals surface area contributed by atoms with Crippen LogP contribution in [-0.2, 0) is 0 Å². The molecule has 0 unspecified atom stereocenters. The zero-order valence-corrected chi connectivity index (χ0v) is 10.4. The standard InChI is InChI=1S/C14H15N3O/c1-9-3-4-12(15)10(2)13(9)17-14(18)11-5-7-16-8-6-11/h3-8H,15H2,1-2H3,(H,17,18). The Morgan fingerprint density at radius 1 is 1.17 bits per heavy atom. The number of carbonyl (C=O) groups is 1. The fraction of sp³-hybridized carbons (Fsp3) is 0.143. The third-order valence-electron chi connectivity index (χ3n) is 2.90. The molecule has 1 heterocycles. The average molecular weight is 241 g/mol. The number of benzene rings is 1. The highest BCUT2D eigenvalue weighted by atomic mass is 16.1. The normalized spacial score (nSPS) is 10.1. The summed E-state index contributed by atoms with van der Waals surface area (Å²) in [4.78, 5) is 15.9. The molecule has 0 saturated carbocycles. The van der Waals surface area contributed by atoms with Gasteiger partial charge in [-0.05, 0) is 43.2 Å². The SMILES string of the molecule is Cc1ccc(N)c(C)c1NC(=O)c1ccncc1. The molecule has 0 saturated heterocycles. The Morgan fingerprint density at radius 3 is 2.50 bits per heavy atom. The topological polar surface area (TPSA) is 68.0 Å². The Kier molecular flexibility index (Phi) is 3.28. The van der Waals surface area contributed by atoms with E-state index in [4.69, 9.17) is 5.73 Å². The summed E-state index contributed by atoms with van der Waals surface area (Å²) in [5.74, 6) is -0.158. The minimum atomic E-state index is -0.158. The van der Waals surface area contributed by atoms with Crippen molar-refractivity contribution in [2.45, 2.75) is 13.8 Å². The minimum Gasteiger partial charge on any atom is -0.398 e. The molecule has 4 heteroatoms. The maximum atomic E-state index is 12.1. The molecular formula is C14H15N3O. The number of aromatic nitrogens is 1. The van der Waals surface area contributed by atoms with E-state index in [1.165, 1.54) is 0 Å². The fourth-order valence-electron chi connectivity index (χ4n) is 1.74. The predicted octanol–water partition coefficient (Wildman–Crippen LogP) is 2.53. The molecule has 0 bridgehead atoms. The van der Waals surface area contributed by atoms with E-state index < -0.39 is 0 Å². The van der Waals surface area contributed by atoms with Crippen molar-refractivity contribution in [2.24, 2.45) is 0 Å². The van der Waals surface area contributed by atoms with Crippen molar-refractivity contribution < 1.29 is 4.79 Å². The number of rotatable bonds is 2. The zero-order valence-electron chi connectivity index (χ0n) is 10.4. The number of pyridine rings is 1. The van der Waals surface area contributed by atoms with Gasteiger partial charge in [0.25, 0.3) is 5.91 Å². The van der Waals surface area contributed by atoms with E-state index in [1.807, 2.05) is 26.0 Å². The number of carbonyl (C=O) groups excluding carboxylic acids is 1. The molecule has 1 aromatic carbocycles. The van der Waals surface area contributed by atoms with Gasteiger partial charge >= 0.3 is 0 Å². The minimum absolute atomic E-state index is 0.158. The first kappa shape index (κ1) is 12.1. The van der Waals surface area contributed by atoms with Gasteiger partial charge in [-0.2, -0.15) is 0 Å². The van der Waals surface area contributed by atoms with E-state index in [0.29, 0.717) is 11.3 Å². The van der Waals surface area contributed by atoms with Crippen LogP contribution in [0.4, 0.5) is 11.4 Å². The van der Waals surface area contributed by atoms with Gasteiger partial charge in [0.15, 0.2) is 0 Å². The monoisotopic (exact) mass is 241 g/mol. The summed E-state index contributed by atoms with van der Waals surface area (Å²) < 4.78 is 0. The Hall–Kier alpha value is -2.36. The number of hydrogen-bond acceptors (Lipinski definition) is 3.